The highest BCUT2D eigenvalue weighted by atomic mass is 32.1. The second-order valence-electron chi connectivity index (χ2n) is 6.65. The van der Waals surface area contributed by atoms with E-state index in [1.54, 1.807) is 52.7 Å². The third-order valence-electron chi connectivity index (χ3n) is 4.72. The zero-order valence-electron chi connectivity index (χ0n) is 18.0. The minimum atomic E-state index is -0.240. The summed E-state index contributed by atoms with van der Waals surface area (Å²) in [6.07, 6.45) is 5.40. The maximum atomic E-state index is 12.8. The van der Waals surface area contributed by atoms with Gasteiger partial charge in [0, 0.05) is 0 Å². The van der Waals surface area contributed by atoms with Crippen LogP contribution in [0, 0.1) is 0 Å². The second-order valence-corrected chi connectivity index (χ2v) is 7.65. The van der Waals surface area contributed by atoms with Gasteiger partial charge in [-0.15, -0.1) is 5.10 Å². The Morgan fingerprint density at radius 3 is 2.12 bits per heavy atom. The fourth-order valence-corrected chi connectivity index (χ4v) is 4.06. The van der Waals surface area contributed by atoms with E-state index in [2.05, 4.69) is 10.1 Å². The van der Waals surface area contributed by atoms with Crippen LogP contribution in [0.5, 0.6) is 23.0 Å². The standard InChI is InChI=1S/C23H21N3O5S/c1-28-16-8-5-14(6-9-16)7-10-20-24-23-26(25-20)22(27)19(32-23)13-15-11-17(29-2)21(31-4)18(12-15)30-3/h5-13H,1-4H3/b10-7+,19-13-. The van der Waals surface area contributed by atoms with Crippen LogP contribution in [0.2, 0.25) is 0 Å². The molecule has 0 aliphatic carbocycles. The molecule has 0 aliphatic rings. The van der Waals surface area contributed by atoms with Gasteiger partial charge < -0.3 is 18.9 Å². The van der Waals surface area contributed by atoms with E-state index in [1.165, 1.54) is 15.9 Å². The first kappa shape index (κ1) is 21.4. The van der Waals surface area contributed by atoms with E-state index in [1.807, 2.05) is 30.3 Å². The van der Waals surface area contributed by atoms with Crippen LogP contribution in [0.4, 0.5) is 0 Å². The van der Waals surface area contributed by atoms with E-state index in [0.29, 0.717) is 32.6 Å². The summed E-state index contributed by atoms with van der Waals surface area (Å²) in [6.45, 7) is 0. The van der Waals surface area contributed by atoms with E-state index in [4.69, 9.17) is 18.9 Å². The Morgan fingerprint density at radius 2 is 1.56 bits per heavy atom. The Labute approximate surface area is 188 Å². The molecule has 4 rings (SSSR count). The molecule has 0 radical (unpaired) electrons. The van der Waals surface area contributed by atoms with Crippen molar-refractivity contribution >= 4 is 34.5 Å². The molecule has 2 aromatic heterocycles. The normalized spacial score (nSPS) is 11.9. The van der Waals surface area contributed by atoms with Crippen LogP contribution < -0.4 is 29.0 Å². The van der Waals surface area contributed by atoms with Crippen molar-refractivity contribution < 1.29 is 18.9 Å². The van der Waals surface area contributed by atoms with E-state index >= 15 is 0 Å². The molecule has 0 bridgehead atoms. The molecular formula is C23H21N3O5S. The number of aromatic nitrogens is 3. The van der Waals surface area contributed by atoms with Gasteiger partial charge in [-0.1, -0.05) is 29.5 Å². The van der Waals surface area contributed by atoms with E-state index in [0.717, 1.165) is 16.9 Å². The monoisotopic (exact) mass is 451 g/mol. The lowest BCUT2D eigenvalue weighted by molar-refractivity contribution is 0.324. The average molecular weight is 452 g/mol. The zero-order chi connectivity index (χ0) is 22.7. The largest absolute Gasteiger partial charge is 0.497 e. The molecule has 0 saturated heterocycles. The minimum Gasteiger partial charge on any atom is -0.497 e. The van der Waals surface area contributed by atoms with Crippen molar-refractivity contribution in [2.24, 2.45) is 0 Å². The summed E-state index contributed by atoms with van der Waals surface area (Å²) >= 11 is 1.26. The first-order valence-electron chi connectivity index (χ1n) is 9.59. The molecule has 0 amide bonds. The van der Waals surface area contributed by atoms with Crippen LogP contribution in [0.25, 0.3) is 23.2 Å². The molecule has 0 fully saturated rings. The van der Waals surface area contributed by atoms with Crippen LogP contribution in [0.3, 0.4) is 0 Å². The zero-order valence-corrected chi connectivity index (χ0v) is 18.8. The lowest BCUT2D eigenvalue weighted by atomic mass is 10.1. The molecule has 0 N–H and O–H groups in total. The number of hydrogen-bond donors (Lipinski definition) is 0. The molecule has 0 saturated carbocycles. The van der Waals surface area contributed by atoms with Gasteiger partial charge >= 0.3 is 0 Å². The van der Waals surface area contributed by atoms with Crippen molar-refractivity contribution in [2.45, 2.75) is 0 Å². The van der Waals surface area contributed by atoms with Gasteiger partial charge in [-0.3, -0.25) is 4.79 Å². The van der Waals surface area contributed by atoms with Crippen molar-refractivity contribution in [2.75, 3.05) is 28.4 Å². The van der Waals surface area contributed by atoms with Gasteiger partial charge in [0.2, 0.25) is 10.7 Å². The number of ether oxygens (including phenoxy) is 4. The highest BCUT2D eigenvalue weighted by Gasteiger charge is 2.14. The van der Waals surface area contributed by atoms with Gasteiger partial charge in [-0.25, -0.2) is 0 Å². The Hall–Kier alpha value is -3.85. The van der Waals surface area contributed by atoms with Crippen molar-refractivity contribution in [3.63, 3.8) is 0 Å². The van der Waals surface area contributed by atoms with E-state index in [9.17, 15) is 4.79 Å². The topological polar surface area (TPSA) is 84.2 Å². The molecule has 2 aromatic carbocycles. The second kappa shape index (κ2) is 9.11. The summed E-state index contributed by atoms with van der Waals surface area (Å²) < 4.78 is 23.1. The maximum Gasteiger partial charge on any atom is 0.291 e. The van der Waals surface area contributed by atoms with Gasteiger partial charge in [0.15, 0.2) is 17.3 Å². The third kappa shape index (κ3) is 4.15. The Morgan fingerprint density at radius 1 is 0.875 bits per heavy atom. The van der Waals surface area contributed by atoms with Crippen LogP contribution in [-0.4, -0.2) is 43.0 Å². The average Bonchev–Trinajstić information content (AvgIpc) is 3.35. The maximum absolute atomic E-state index is 12.8. The first-order valence-corrected chi connectivity index (χ1v) is 10.4. The van der Waals surface area contributed by atoms with Gasteiger partial charge in [-0.05, 0) is 47.5 Å². The Balaban J connectivity index is 1.66. The number of nitrogens with zero attached hydrogens (tertiary/aromatic N) is 3. The molecule has 0 spiro atoms. The highest BCUT2D eigenvalue weighted by molar-refractivity contribution is 7.15. The quantitative estimate of drug-likeness (QED) is 0.427. The smallest absolute Gasteiger partial charge is 0.291 e. The number of rotatable bonds is 7. The Bertz CT molecular complexity index is 1360. The number of benzene rings is 2. The predicted molar refractivity (Wildman–Crippen MR) is 124 cm³/mol. The third-order valence-corrected chi connectivity index (χ3v) is 5.68. The summed E-state index contributed by atoms with van der Waals surface area (Å²) in [5.74, 6) is 2.76. The first-order chi connectivity index (χ1) is 15.6. The van der Waals surface area contributed by atoms with Gasteiger partial charge in [0.1, 0.15) is 5.75 Å². The summed E-state index contributed by atoms with van der Waals surface area (Å²) in [5.41, 5.74) is 1.47. The van der Waals surface area contributed by atoms with Crippen LogP contribution >= 0.6 is 11.3 Å². The minimum absolute atomic E-state index is 0.240. The molecule has 32 heavy (non-hydrogen) atoms. The summed E-state index contributed by atoms with van der Waals surface area (Å²) in [7, 11) is 6.26. The number of fused-ring (bicyclic) bond motifs is 1. The number of hydrogen-bond acceptors (Lipinski definition) is 8. The molecular weight excluding hydrogens is 430 g/mol. The van der Waals surface area contributed by atoms with Crippen molar-refractivity contribution in [3.05, 3.63) is 68.2 Å². The predicted octanol–water partition coefficient (Wildman–Crippen LogP) is 2.90. The fraction of sp³-hybridized carbons (Fsp3) is 0.174. The van der Waals surface area contributed by atoms with Crippen molar-refractivity contribution in [1.82, 2.24) is 14.6 Å². The van der Waals surface area contributed by atoms with Crippen molar-refractivity contribution in [1.29, 1.82) is 0 Å². The van der Waals surface area contributed by atoms with Crippen LogP contribution in [-0.2, 0) is 0 Å². The molecule has 2 heterocycles. The SMILES string of the molecule is COc1ccc(/C=C/c2nc3s/c(=C\c4cc(OC)c(OC)c(OC)c4)c(=O)n3n2)cc1. The molecule has 164 valence electrons. The molecule has 0 unspecified atom stereocenters. The van der Waals surface area contributed by atoms with Gasteiger partial charge in [0.25, 0.3) is 5.56 Å². The summed E-state index contributed by atoms with van der Waals surface area (Å²) in [6, 6.07) is 11.2. The fourth-order valence-electron chi connectivity index (χ4n) is 3.14. The Kier molecular flexibility index (Phi) is 6.09. The van der Waals surface area contributed by atoms with E-state index in [-0.39, 0.29) is 5.56 Å². The summed E-state index contributed by atoms with van der Waals surface area (Å²) in [4.78, 5) is 17.8. The van der Waals surface area contributed by atoms with Gasteiger partial charge in [0.05, 0.1) is 33.0 Å². The molecule has 0 aliphatic heterocycles. The highest BCUT2D eigenvalue weighted by Crippen LogP contribution is 2.38. The number of methoxy groups -OCH3 is 4. The van der Waals surface area contributed by atoms with Crippen LogP contribution in [0.1, 0.15) is 17.0 Å². The molecule has 9 heteroatoms. The van der Waals surface area contributed by atoms with E-state index < -0.39 is 0 Å². The van der Waals surface area contributed by atoms with Crippen LogP contribution in [0.15, 0.2) is 41.2 Å². The summed E-state index contributed by atoms with van der Waals surface area (Å²) in [5, 5.41) is 4.32. The molecule has 4 aromatic rings. The lowest BCUT2D eigenvalue weighted by Crippen LogP contribution is -2.23. The molecule has 8 nitrogen and oxygen atoms in total. The molecule has 0 atom stereocenters. The van der Waals surface area contributed by atoms with Gasteiger partial charge in [-0.2, -0.15) is 9.50 Å². The number of thiazole rings is 1. The lowest BCUT2D eigenvalue weighted by Gasteiger charge is -2.12. The van der Waals surface area contributed by atoms with Crippen molar-refractivity contribution in [3.8, 4) is 23.0 Å².